The minimum Gasteiger partial charge on any atom is -0.493 e. The summed E-state index contributed by atoms with van der Waals surface area (Å²) in [6.45, 7) is 0. The molecule has 0 fully saturated rings. The fourth-order valence-corrected chi connectivity index (χ4v) is 3.11. The predicted octanol–water partition coefficient (Wildman–Crippen LogP) is 5.27. The Balaban J connectivity index is 1.64. The molecule has 0 spiro atoms. The fourth-order valence-electron chi connectivity index (χ4n) is 3.11. The minimum absolute atomic E-state index is 0.414. The van der Waals surface area contributed by atoms with E-state index in [0.717, 1.165) is 28.1 Å². The van der Waals surface area contributed by atoms with Crippen molar-refractivity contribution in [3.63, 3.8) is 0 Å². The predicted molar refractivity (Wildman–Crippen MR) is 124 cm³/mol. The first-order chi connectivity index (χ1) is 15.3. The molecule has 0 radical (unpaired) electrons. The number of nitrogens with one attached hydrogen (secondary N) is 1. The summed E-state index contributed by atoms with van der Waals surface area (Å²) < 4.78 is 10.6. The molecule has 0 aliphatic heterocycles. The molecule has 3 aromatic carbocycles. The van der Waals surface area contributed by atoms with Crippen LogP contribution in [0.15, 0.2) is 90.0 Å². The quantitative estimate of drug-likeness (QED) is 0.332. The molecule has 0 unspecified atom stereocenters. The Bertz CT molecular complexity index is 1120. The summed E-state index contributed by atoms with van der Waals surface area (Å²) in [4.78, 5) is 9.28. The van der Waals surface area contributed by atoms with Gasteiger partial charge in [0.15, 0.2) is 11.5 Å². The van der Waals surface area contributed by atoms with Crippen molar-refractivity contribution in [2.24, 2.45) is 5.10 Å². The third-order valence-corrected chi connectivity index (χ3v) is 4.65. The van der Waals surface area contributed by atoms with Gasteiger partial charge in [0.25, 0.3) is 0 Å². The molecule has 0 saturated carbocycles. The summed E-state index contributed by atoms with van der Waals surface area (Å²) in [7, 11) is 3.21. The number of ether oxygens (including phenoxy) is 2. The van der Waals surface area contributed by atoms with E-state index >= 15 is 0 Å². The standard InChI is InChI=1S/C25H22N4O2/c1-30-23-14-13-18(15-24(23)31-2)17-26-29-25-27-21(19-9-5-3-6-10-19)16-22(28-25)20-11-7-4-8-12-20/h3-17H,1-2H3,(H,27,28,29). The van der Waals surface area contributed by atoms with Crippen LogP contribution in [0.4, 0.5) is 5.95 Å². The Kier molecular flexibility index (Phi) is 6.18. The highest BCUT2D eigenvalue weighted by molar-refractivity contribution is 5.81. The molecule has 0 amide bonds. The molecule has 154 valence electrons. The first-order valence-electron chi connectivity index (χ1n) is 9.78. The zero-order valence-corrected chi connectivity index (χ0v) is 17.3. The topological polar surface area (TPSA) is 68.6 Å². The van der Waals surface area contributed by atoms with Crippen LogP contribution in [0.25, 0.3) is 22.5 Å². The molecule has 1 aromatic heterocycles. The van der Waals surface area contributed by atoms with Gasteiger partial charge in [0.2, 0.25) is 5.95 Å². The molecule has 1 N–H and O–H groups in total. The van der Waals surface area contributed by atoms with Crippen LogP contribution in [0.5, 0.6) is 11.5 Å². The van der Waals surface area contributed by atoms with E-state index in [1.807, 2.05) is 84.9 Å². The van der Waals surface area contributed by atoms with Gasteiger partial charge in [0, 0.05) is 11.1 Å². The van der Waals surface area contributed by atoms with Crippen molar-refractivity contribution in [2.45, 2.75) is 0 Å². The zero-order valence-electron chi connectivity index (χ0n) is 17.3. The highest BCUT2D eigenvalue weighted by Crippen LogP contribution is 2.27. The van der Waals surface area contributed by atoms with E-state index in [2.05, 4.69) is 20.5 Å². The number of anilines is 1. The van der Waals surface area contributed by atoms with E-state index in [-0.39, 0.29) is 0 Å². The van der Waals surface area contributed by atoms with Crippen LogP contribution in [0, 0.1) is 0 Å². The number of hydrogen-bond acceptors (Lipinski definition) is 6. The van der Waals surface area contributed by atoms with Gasteiger partial charge in [0.1, 0.15) is 0 Å². The van der Waals surface area contributed by atoms with E-state index in [1.54, 1.807) is 20.4 Å². The van der Waals surface area contributed by atoms with Crippen LogP contribution < -0.4 is 14.9 Å². The van der Waals surface area contributed by atoms with Crippen molar-refractivity contribution in [3.8, 4) is 34.0 Å². The van der Waals surface area contributed by atoms with Crippen molar-refractivity contribution in [3.05, 3.63) is 90.5 Å². The fraction of sp³-hybridized carbons (Fsp3) is 0.0800. The number of benzene rings is 3. The molecule has 0 atom stereocenters. The van der Waals surface area contributed by atoms with Gasteiger partial charge in [-0.1, -0.05) is 60.7 Å². The summed E-state index contributed by atoms with van der Waals surface area (Å²) in [6.07, 6.45) is 1.68. The molecule has 31 heavy (non-hydrogen) atoms. The number of nitrogens with zero attached hydrogens (tertiary/aromatic N) is 3. The lowest BCUT2D eigenvalue weighted by molar-refractivity contribution is 0.355. The van der Waals surface area contributed by atoms with Crippen molar-refractivity contribution >= 4 is 12.2 Å². The SMILES string of the molecule is COc1ccc(C=NNc2nc(-c3ccccc3)cc(-c3ccccc3)n2)cc1OC. The molecule has 0 aliphatic rings. The second-order valence-electron chi connectivity index (χ2n) is 6.68. The van der Waals surface area contributed by atoms with Gasteiger partial charge in [-0.3, -0.25) is 0 Å². The maximum Gasteiger partial charge on any atom is 0.244 e. The Labute approximate surface area is 181 Å². The molecule has 6 heteroatoms. The molecule has 0 saturated heterocycles. The molecule has 6 nitrogen and oxygen atoms in total. The van der Waals surface area contributed by atoms with Gasteiger partial charge in [-0.2, -0.15) is 5.10 Å². The van der Waals surface area contributed by atoms with E-state index in [4.69, 9.17) is 9.47 Å². The van der Waals surface area contributed by atoms with Crippen LogP contribution >= 0.6 is 0 Å². The van der Waals surface area contributed by atoms with Crippen LogP contribution in [0.3, 0.4) is 0 Å². The highest BCUT2D eigenvalue weighted by Gasteiger charge is 2.08. The molecule has 0 bridgehead atoms. The van der Waals surface area contributed by atoms with Crippen molar-refractivity contribution in [1.29, 1.82) is 0 Å². The maximum absolute atomic E-state index is 5.34. The van der Waals surface area contributed by atoms with Crippen LogP contribution in [0.1, 0.15) is 5.56 Å². The Morgan fingerprint density at radius 3 is 1.84 bits per heavy atom. The molecule has 4 rings (SSSR count). The van der Waals surface area contributed by atoms with Gasteiger partial charge in [-0.05, 0) is 29.8 Å². The first kappa shape index (κ1) is 20.1. The summed E-state index contributed by atoms with van der Waals surface area (Å²) in [6, 6.07) is 27.6. The zero-order chi connectivity index (χ0) is 21.5. The molecule has 0 aliphatic carbocycles. The summed E-state index contributed by atoms with van der Waals surface area (Å²) in [5.74, 6) is 1.72. The van der Waals surface area contributed by atoms with Gasteiger partial charge in [-0.15, -0.1) is 0 Å². The van der Waals surface area contributed by atoms with E-state index in [9.17, 15) is 0 Å². The smallest absolute Gasteiger partial charge is 0.244 e. The second kappa shape index (κ2) is 9.54. The summed E-state index contributed by atoms with van der Waals surface area (Å²) in [5, 5.41) is 4.32. The summed E-state index contributed by atoms with van der Waals surface area (Å²) in [5.41, 5.74) is 7.46. The highest BCUT2D eigenvalue weighted by atomic mass is 16.5. The lowest BCUT2D eigenvalue weighted by Crippen LogP contribution is -2.00. The van der Waals surface area contributed by atoms with Gasteiger partial charge in [0.05, 0.1) is 31.8 Å². The normalized spacial score (nSPS) is 10.8. The Hall–Kier alpha value is -4.19. The average Bonchev–Trinajstić information content (AvgIpc) is 2.85. The molecule has 4 aromatic rings. The second-order valence-corrected chi connectivity index (χ2v) is 6.68. The lowest BCUT2D eigenvalue weighted by atomic mass is 10.1. The molecular weight excluding hydrogens is 388 g/mol. The maximum atomic E-state index is 5.34. The largest absolute Gasteiger partial charge is 0.493 e. The van der Waals surface area contributed by atoms with Crippen molar-refractivity contribution < 1.29 is 9.47 Å². The van der Waals surface area contributed by atoms with Crippen LogP contribution in [0.2, 0.25) is 0 Å². The summed E-state index contributed by atoms with van der Waals surface area (Å²) >= 11 is 0. The number of hydrazone groups is 1. The van der Waals surface area contributed by atoms with E-state index < -0.39 is 0 Å². The Morgan fingerprint density at radius 1 is 0.710 bits per heavy atom. The number of rotatable bonds is 7. The van der Waals surface area contributed by atoms with Crippen molar-refractivity contribution in [2.75, 3.05) is 19.6 Å². The minimum atomic E-state index is 0.414. The number of methoxy groups -OCH3 is 2. The molecular formula is C25H22N4O2. The van der Waals surface area contributed by atoms with Gasteiger partial charge < -0.3 is 9.47 Å². The van der Waals surface area contributed by atoms with Gasteiger partial charge >= 0.3 is 0 Å². The number of aromatic nitrogens is 2. The van der Waals surface area contributed by atoms with E-state index in [1.165, 1.54) is 0 Å². The van der Waals surface area contributed by atoms with E-state index in [0.29, 0.717) is 17.4 Å². The monoisotopic (exact) mass is 410 g/mol. The van der Waals surface area contributed by atoms with Gasteiger partial charge in [-0.25, -0.2) is 15.4 Å². The van der Waals surface area contributed by atoms with Crippen LogP contribution in [-0.4, -0.2) is 30.4 Å². The third-order valence-electron chi connectivity index (χ3n) is 4.65. The lowest BCUT2D eigenvalue weighted by Gasteiger charge is -2.09. The molecule has 1 heterocycles. The third kappa shape index (κ3) is 4.87. The van der Waals surface area contributed by atoms with Crippen molar-refractivity contribution in [1.82, 2.24) is 9.97 Å². The Morgan fingerprint density at radius 2 is 1.29 bits per heavy atom. The van der Waals surface area contributed by atoms with Crippen LogP contribution in [-0.2, 0) is 0 Å². The average molecular weight is 410 g/mol. The number of hydrogen-bond donors (Lipinski definition) is 1. The first-order valence-corrected chi connectivity index (χ1v) is 9.78.